The number of sulfonamides is 1. The van der Waals surface area contributed by atoms with E-state index in [-0.39, 0.29) is 10.9 Å². The molecule has 9 nitrogen and oxygen atoms in total. The Labute approximate surface area is 148 Å². The van der Waals surface area contributed by atoms with Crippen molar-refractivity contribution in [2.45, 2.75) is 58.0 Å². The number of rotatable bonds is 8. The molecule has 1 heterocycles. The lowest BCUT2D eigenvalue weighted by atomic mass is 10.2. The van der Waals surface area contributed by atoms with Crippen molar-refractivity contribution in [3.05, 3.63) is 11.4 Å². The third kappa shape index (κ3) is 4.79. The third-order valence-electron chi connectivity index (χ3n) is 4.13. The third-order valence-corrected chi connectivity index (χ3v) is 5.92. The van der Waals surface area contributed by atoms with Crippen molar-refractivity contribution in [3.63, 3.8) is 0 Å². The van der Waals surface area contributed by atoms with Crippen LogP contribution in [0.2, 0.25) is 0 Å². The lowest BCUT2D eigenvalue weighted by molar-refractivity contribution is -0.146. The molecule has 0 radical (unpaired) electrons. The number of nitrogens with one attached hydrogen (secondary N) is 1. The van der Waals surface area contributed by atoms with Crippen molar-refractivity contribution in [3.8, 4) is 0 Å². The average molecular weight is 374 g/mol. The Bertz CT molecular complexity index is 756. The highest BCUT2D eigenvalue weighted by Crippen LogP contribution is 2.19. The summed E-state index contributed by atoms with van der Waals surface area (Å²) in [5.74, 6) is -1.73. The molecule has 0 aliphatic rings. The summed E-state index contributed by atoms with van der Waals surface area (Å²) in [7, 11) is -2.34. The molecule has 142 valence electrons. The highest BCUT2D eigenvalue weighted by Gasteiger charge is 2.31. The second-order valence-corrected chi connectivity index (χ2v) is 7.73. The van der Waals surface area contributed by atoms with Gasteiger partial charge >= 0.3 is 5.97 Å². The van der Waals surface area contributed by atoms with Gasteiger partial charge in [0.2, 0.25) is 15.9 Å². The molecule has 0 aliphatic carbocycles. The molecule has 0 saturated heterocycles. The summed E-state index contributed by atoms with van der Waals surface area (Å²) in [6.45, 7) is 7.66. The lowest BCUT2D eigenvalue weighted by Gasteiger charge is -2.29. The van der Waals surface area contributed by atoms with Gasteiger partial charge in [0.15, 0.2) is 0 Å². The Morgan fingerprint density at radius 1 is 1.32 bits per heavy atom. The molecule has 0 aliphatic heterocycles. The van der Waals surface area contributed by atoms with E-state index in [0.29, 0.717) is 17.8 Å². The maximum Gasteiger partial charge on any atom is 0.323 e. The molecule has 0 spiro atoms. The minimum absolute atomic E-state index is 0.0305. The molecule has 0 aromatic carbocycles. The van der Waals surface area contributed by atoms with E-state index < -0.39 is 34.5 Å². The molecule has 25 heavy (non-hydrogen) atoms. The van der Waals surface area contributed by atoms with Crippen molar-refractivity contribution in [1.82, 2.24) is 19.4 Å². The molecular weight excluding hydrogens is 348 g/mol. The van der Waals surface area contributed by atoms with Gasteiger partial charge in [-0.05, 0) is 34.1 Å². The first-order valence-corrected chi connectivity index (χ1v) is 9.45. The number of aromatic nitrogens is 2. The molecular formula is C15H26N4O5S. The van der Waals surface area contributed by atoms with E-state index in [4.69, 9.17) is 5.11 Å². The van der Waals surface area contributed by atoms with Crippen molar-refractivity contribution >= 4 is 21.9 Å². The van der Waals surface area contributed by atoms with Crippen LogP contribution >= 0.6 is 0 Å². The minimum Gasteiger partial charge on any atom is -0.480 e. The monoisotopic (exact) mass is 374 g/mol. The number of aliphatic carboxylic acids is 1. The summed E-state index contributed by atoms with van der Waals surface area (Å²) in [6, 6.07) is -1.42. The van der Waals surface area contributed by atoms with Crippen LogP contribution in [0, 0.1) is 13.8 Å². The number of carboxylic acid groups (broad SMARTS) is 1. The van der Waals surface area contributed by atoms with Crippen LogP contribution in [0.3, 0.4) is 0 Å². The first-order valence-electron chi connectivity index (χ1n) is 7.97. The number of nitrogens with zero attached hydrogens (tertiary/aromatic N) is 3. The van der Waals surface area contributed by atoms with Crippen LogP contribution in [-0.2, 0) is 26.7 Å². The summed E-state index contributed by atoms with van der Waals surface area (Å²) < 4.78 is 29.1. The van der Waals surface area contributed by atoms with E-state index in [1.165, 1.54) is 16.5 Å². The predicted octanol–water partition coefficient (Wildman–Crippen LogP) is 0.415. The van der Waals surface area contributed by atoms with Crippen LogP contribution in [0.4, 0.5) is 0 Å². The van der Waals surface area contributed by atoms with Crippen molar-refractivity contribution < 1.29 is 23.1 Å². The minimum atomic E-state index is -3.97. The highest BCUT2D eigenvalue weighted by molar-refractivity contribution is 7.89. The number of carboxylic acids is 1. The van der Waals surface area contributed by atoms with Gasteiger partial charge in [0.25, 0.3) is 0 Å². The summed E-state index contributed by atoms with van der Waals surface area (Å²) >= 11 is 0. The standard InChI is InChI=1S/C15H26N4O5S/c1-7-9(2)19(8-13(20)21)15(22)11(4)17-25(23,24)14-10(3)16-18(6)12(14)5/h9,11,17H,7-8H2,1-6H3,(H,20,21). The normalized spacial score (nSPS) is 14.2. The molecule has 0 saturated carbocycles. The van der Waals surface area contributed by atoms with Crippen LogP contribution in [-0.4, -0.2) is 58.7 Å². The van der Waals surface area contributed by atoms with Crippen LogP contribution < -0.4 is 4.72 Å². The van der Waals surface area contributed by atoms with Crippen LogP contribution in [0.15, 0.2) is 4.90 Å². The number of carbonyl (C=O) groups is 2. The maximum absolute atomic E-state index is 12.6. The molecule has 1 aromatic rings. The van der Waals surface area contributed by atoms with Crippen molar-refractivity contribution in [2.75, 3.05) is 6.54 Å². The van der Waals surface area contributed by atoms with E-state index in [2.05, 4.69) is 9.82 Å². The Balaban J connectivity index is 3.07. The van der Waals surface area contributed by atoms with Gasteiger partial charge in [0, 0.05) is 13.1 Å². The van der Waals surface area contributed by atoms with E-state index in [9.17, 15) is 18.0 Å². The molecule has 1 amide bonds. The number of aryl methyl sites for hydroxylation is 2. The van der Waals surface area contributed by atoms with E-state index in [0.717, 1.165) is 0 Å². The summed E-state index contributed by atoms with van der Waals surface area (Å²) in [4.78, 5) is 24.8. The smallest absolute Gasteiger partial charge is 0.323 e. The summed E-state index contributed by atoms with van der Waals surface area (Å²) in [6.07, 6.45) is 0.555. The Morgan fingerprint density at radius 2 is 1.88 bits per heavy atom. The van der Waals surface area contributed by atoms with Gasteiger partial charge in [-0.1, -0.05) is 6.92 Å². The quantitative estimate of drug-likeness (QED) is 0.680. The fraction of sp³-hybridized carbons (Fsp3) is 0.667. The number of hydrogen-bond acceptors (Lipinski definition) is 5. The summed E-state index contributed by atoms with van der Waals surface area (Å²) in [5.41, 5.74) is 0.783. The fourth-order valence-corrected chi connectivity index (χ4v) is 4.19. The van der Waals surface area contributed by atoms with Gasteiger partial charge in [-0.2, -0.15) is 9.82 Å². The second kappa shape index (κ2) is 7.96. The van der Waals surface area contributed by atoms with Crippen molar-refractivity contribution in [1.29, 1.82) is 0 Å². The van der Waals surface area contributed by atoms with E-state index in [1.807, 2.05) is 6.92 Å². The van der Waals surface area contributed by atoms with Gasteiger partial charge in [0.1, 0.15) is 11.4 Å². The molecule has 2 N–H and O–H groups in total. The van der Waals surface area contributed by atoms with E-state index >= 15 is 0 Å². The molecule has 1 aromatic heterocycles. The highest BCUT2D eigenvalue weighted by atomic mass is 32.2. The molecule has 2 atom stereocenters. The van der Waals surface area contributed by atoms with Gasteiger partial charge in [0.05, 0.1) is 17.4 Å². The zero-order valence-corrected chi connectivity index (χ0v) is 16.2. The second-order valence-electron chi connectivity index (χ2n) is 6.08. The van der Waals surface area contributed by atoms with Crippen LogP contribution in [0.5, 0.6) is 0 Å². The lowest BCUT2D eigenvalue weighted by Crippen LogP contribution is -2.51. The van der Waals surface area contributed by atoms with Gasteiger partial charge < -0.3 is 10.0 Å². The molecule has 2 unspecified atom stereocenters. The number of amides is 1. The fourth-order valence-electron chi connectivity index (χ4n) is 2.55. The maximum atomic E-state index is 12.6. The Morgan fingerprint density at radius 3 is 2.28 bits per heavy atom. The molecule has 0 fully saturated rings. The first kappa shape index (κ1) is 21.1. The molecule has 1 rings (SSSR count). The van der Waals surface area contributed by atoms with Crippen LogP contribution in [0.25, 0.3) is 0 Å². The van der Waals surface area contributed by atoms with Gasteiger partial charge in [-0.15, -0.1) is 0 Å². The average Bonchev–Trinajstić information content (AvgIpc) is 2.75. The SMILES string of the molecule is CCC(C)N(CC(=O)O)C(=O)C(C)NS(=O)(=O)c1c(C)nn(C)c1C. The topological polar surface area (TPSA) is 122 Å². The predicted molar refractivity (Wildman–Crippen MR) is 91.6 cm³/mol. The Hall–Kier alpha value is -1.94. The zero-order valence-electron chi connectivity index (χ0n) is 15.4. The zero-order chi connectivity index (χ0) is 19.5. The summed E-state index contributed by atoms with van der Waals surface area (Å²) in [5, 5.41) is 13.1. The number of hydrogen-bond donors (Lipinski definition) is 2. The Kier molecular flexibility index (Phi) is 6.72. The van der Waals surface area contributed by atoms with E-state index in [1.54, 1.807) is 27.8 Å². The molecule has 0 bridgehead atoms. The van der Waals surface area contributed by atoms with Crippen LogP contribution in [0.1, 0.15) is 38.6 Å². The van der Waals surface area contributed by atoms with Gasteiger partial charge in [-0.3, -0.25) is 14.3 Å². The largest absolute Gasteiger partial charge is 0.480 e. The van der Waals surface area contributed by atoms with Gasteiger partial charge in [-0.25, -0.2) is 8.42 Å². The number of carbonyl (C=O) groups excluding carboxylic acids is 1. The first-order chi connectivity index (χ1) is 11.4. The van der Waals surface area contributed by atoms with Crippen molar-refractivity contribution in [2.24, 2.45) is 7.05 Å². The molecule has 10 heteroatoms.